The maximum atomic E-state index is 0. The van der Waals surface area contributed by atoms with Crippen molar-refractivity contribution in [1.82, 2.24) is 0 Å². The molecule has 0 nitrogen and oxygen atoms in total. The summed E-state index contributed by atoms with van der Waals surface area (Å²) in [5.74, 6) is 0. The van der Waals surface area contributed by atoms with E-state index < -0.39 is 0 Å². The Balaban J connectivity index is 0. The van der Waals surface area contributed by atoms with Gasteiger partial charge in [-0.25, -0.2) is 0 Å². The minimum absolute atomic E-state index is 0. The number of hydrogen-bond acceptors (Lipinski definition) is 0. The molecule has 39 valence electrons. The molecule has 0 aliphatic rings. The Morgan fingerprint density at radius 3 is 1.00 bits per heavy atom. The normalized spacial score (nSPS) is 0. The number of rotatable bonds is 0. The van der Waals surface area contributed by atoms with E-state index in [0.717, 1.165) is 0 Å². The predicted molar refractivity (Wildman–Crippen MR) is 54.1 cm³/mol. The van der Waals surface area contributed by atoms with Crippen molar-refractivity contribution in [3.63, 3.8) is 0 Å². The van der Waals surface area contributed by atoms with E-state index in [4.69, 9.17) is 0 Å². The van der Waals surface area contributed by atoms with Crippen molar-refractivity contribution in [3.05, 3.63) is 0 Å². The average molecular weight is 624 g/mol. The molecule has 0 saturated carbocycles. The molecule has 5 radical (unpaired) electrons. The van der Waals surface area contributed by atoms with E-state index in [0.29, 0.717) is 0 Å². The van der Waals surface area contributed by atoms with Crippen LogP contribution in [0, 0.1) is 0 Å². The van der Waals surface area contributed by atoms with E-state index in [1.165, 1.54) is 0 Å². The monoisotopic (exact) mass is 627 g/mol. The Kier molecular flexibility index (Phi) is 379. The maximum absolute atomic E-state index is 0. The Hall–Kier alpha value is 3.41. The van der Waals surface area contributed by atoms with Gasteiger partial charge >= 0.3 is 77.2 Å². The summed E-state index contributed by atoms with van der Waals surface area (Å²) < 4.78 is 0. The summed E-state index contributed by atoms with van der Waals surface area (Å²) in [6.07, 6.45) is 0. The van der Waals surface area contributed by atoms with Crippen molar-refractivity contribution in [3.8, 4) is 0 Å². The van der Waals surface area contributed by atoms with Crippen LogP contribution < -0.4 is 0 Å². The standard InChI is InChI=1S/Al.B.Bi.Pb.H4Si.H2Te.8H/h;;;;1H4;1H2;;;;;;;;. The molecule has 6 heteroatoms. The molecule has 0 rings (SSSR count). The molecule has 0 spiro atoms. The first-order chi connectivity index (χ1) is 0. The first-order valence-corrected chi connectivity index (χ1v) is 0. The van der Waals surface area contributed by atoms with Gasteiger partial charge in [-0.2, -0.15) is 0 Å². The van der Waals surface area contributed by atoms with Crippen LogP contribution in [0.2, 0.25) is 0 Å². The molecular formula is H14AlBBiPbSiTe. The Morgan fingerprint density at radius 1 is 1.00 bits per heavy atom. The molecule has 0 saturated heterocycles. The van der Waals surface area contributed by atoms with Crippen molar-refractivity contribution in [2.24, 2.45) is 0 Å². The summed E-state index contributed by atoms with van der Waals surface area (Å²) in [6.45, 7) is 0. The number of hydrogen-bond donors (Lipinski definition) is 0. The summed E-state index contributed by atoms with van der Waals surface area (Å²) in [5, 5.41) is 0. The van der Waals surface area contributed by atoms with Crippen molar-refractivity contribution in [1.29, 1.82) is 0 Å². The minimum atomic E-state index is 0. The van der Waals surface area contributed by atoms with Gasteiger partial charge in [0.05, 0.1) is 0 Å². The summed E-state index contributed by atoms with van der Waals surface area (Å²) in [4.78, 5) is 0. The van der Waals surface area contributed by atoms with Gasteiger partial charge in [0.1, 0.15) is 0 Å². The van der Waals surface area contributed by atoms with E-state index in [1.54, 1.807) is 0 Å². The summed E-state index contributed by atoms with van der Waals surface area (Å²) in [7, 11) is 0. The van der Waals surface area contributed by atoms with E-state index in [1.807, 2.05) is 0 Å². The fraction of sp³-hybridized carbons (Fsp3) is 0. The SMILES string of the molecule is [AlH3].[B].[BiH3].[PbH2].[SiH4].[TeH2]. The molecule has 0 aliphatic heterocycles. The van der Waals surface area contributed by atoms with E-state index >= 15 is 0 Å². The van der Waals surface area contributed by atoms with Crippen LogP contribution in [-0.4, -0.2) is 114 Å². The van der Waals surface area contributed by atoms with Crippen molar-refractivity contribution in [2.45, 2.75) is 0 Å². The van der Waals surface area contributed by atoms with Crippen LogP contribution in [0.4, 0.5) is 0 Å². The molecule has 0 aliphatic carbocycles. The van der Waals surface area contributed by atoms with Gasteiger partial charge in [-0.05, 0) is 11.0 Å². The fourth-order valence-electron chi connectivity index (χ4n) is 0. The van der Waals surface area contributed by atoms with Gasteiger partial charge in [0.25, 0.3) is 0 Å². The zero-order valence-corrected chi connectivity index (χ0v) is 16.3. The zero-order chi connectivity index (χ0) is 0. The van der Waals surface area contributed by atoms with Crippen molar-refractivity contribution < 1.29 is 0 Å². The molecule has 0 heterocycles. The molecule has 0 aromatic carbocycles. The first-order valence-electron chi connectivity index (χ1n) is 0. The zero-order valence-electron chi connectivity index (χ0n) is 2.49. The average Bonchev–Trinajstić information content (AvgIpc) is 0. The molecular weight excluding hydrogens is 610 g/mol. The topological polar surface area (TPSA) is 0 Å². The van der Waals surface area contributed by atoms with Crippen LogP contribution in [0.3, 0.4) is 0 Å². The summed E-state index contributed by atoms with van der Waals surface area (Å²) >= 11 is 0. The van der Waals surface area contributed by atoms with E-state index in [2.05, 4.69) is 0 Å². The third-order valence-electron chi connectivity index (χ3n) is 0. The van der Waals surface area contributed by atoms with Crippen LogP contribution in [0.5, 0.6) is 0 Å². The van der Waals surface area contributed by atoms with Gasteiger partial charge in [0.2, 0.25) is 0 Å². The van der Waals surface area contributed by atoms with E-state index in [9.17, 15) is 0 Å². The van der Waals surface area contributed by atoms with Gasteiger partial charge < -0.3 is 0 Å². The second-order valence-corrected chi connectivity index (χ2v) is 0. The second-order valence-electron chi connectivity index (χ2n) is 0. The predicted octanol–water partition coefficient (Wildman–Crippen LogP) is -6.03. The van der Waals surface area contributed by atoms with Crippen molar-refractivity contribution >= 4 is 114 Å². The van der Waals surface area contributed by atoms with Gasteiger partial charge in [-0.1, -0.05) is 0 Å². The van der Waals surface area contributed by atoms with Crippen LogP contribution in [-0.2, 0) is 0 Å². The molecule has 0 aromatic heterocycles. The second kappa shape index (κ2) is 39.7. The quantitative estimate of drug-likeness (QED) is 0.236. The van der Waals surface area contributed by atoms with Crippen LogP contribution >= 0.6 is 0 Å². The molecule has 6 heavy (non-hydrogen) atoms. The van der Waals surface area contributed by atoms with Crippen LogP contribution in [0.25, 0.3) is 0 Å². The first kappa shape index (κ1) is 57.2. The molecule has 0 amide bonds. The Bertz CT molecular complexity index is 15.5. The Labute approximate surface area is 112 Å². The molecule has 0 aromatic rings. The summed E-state index contributed by atoms with van der Waals surface area (Å²) in [5.41, 5.74) is 0. The molecule has 0 N–H and O–H groups in total. The summed E-state index contributed by atoms with van der Waals surface area (Å²) in [6, 6.07) is 0. The molecule has 0 unspecified atom stereocenters. The van der Waals surface area contributed by atoms with Gasteiger partial charge in [-0.3, -0.25) is 0 Å². The van der Waals surface area contributed by atoms with Gasteiger partial charge in [-0.15, -0.1) is 0 Å². The molecule has 0 bridgehead atoms. The van der Waals surface area contributed by atoms with Crippen LogP contribution in [0.15, 0.2) is 0 Å². The van der Waals surface area contributed by atoms with Gasteiger partial charge in [0, 0.05) is 8.41 Å². The third-order valence-corrected chi connectivity index (χ3v) is 0. The van der Waals surface area contributed by atoms with E-state index in [-0.39, 0.29) is 114 Å². The Morgan fingerprint density at radius 2 is 1.00 bits per heavy atom. The van der Waals surface area contributed by atoms with Gasteiger partial charge in [0.15, 0.2) is 17.4 Å². The van der Waals surface area contributed by atoms with Crippen molar-refractivity contribution in [2.75, 3.05) is 0 Å². The molecule has 0 atom stereocenters. The third kappa shape index (κ3) is 26.2. The fourth-order valence-corrected chi connectivity index (χ4v) is 0. The molecule has 0 fully saturated rings. The van der Waals surface area contributed by atoms with Crippen LogP contribution in [0.1, 0.15) is 0 Å².